The lowest BCUT2D eigenvalue weighted by Crippen LogP contribution is -2.55. The van der Waals surface area contributed by atoms with E-state index in [-0.39, 0.29) is 40.5 Å². The molecular weight excluding hydrogens is 677 g/mol. The van der Waals surface area contributed by atoms with Crippen molar-refractivity contribution >= 4 is 62.3 Å². The molecule has 11 heteroatoms. The van der Waals surface area contributed by atoms with Crippen molar-refractivity contribution in [2.75, 3.05) is 10.8 Å². The molecule has 0 bridgehead atoms. The number of halogens is 3. The van der Waals surface area contributed by atoms with E-state index in [1.165, 1.54) is 35.2 Å². The van der Waals surface area contributed by atoms with Crippen LogP contribution in [0.15, 0.2) is 108 Å². The molecule has 246 valence electrons. The Labute approximate surface area is 291 Å². The molecule has 1 saturated carbocycles. The SMILES string of the molecule is O=C(NC1CCCCC1)C(Cc1ccccc1)N(Cc1ccccc1Cl)C(=O)CN(c1ccc(Cl)cc1Cl)S(=O)(=O)c1ccccc1. The standard InChI is InChI=1S/C36H36Cl3N3O4S/c37-28-20-21-33(32(39)23-28)42(47(45,46)30-17-8-3-9-18-30)25-35(43)41(24-27-14-10-11-19-31(27)38)34(22-26-12-4-1-5-13-26)36(44)40-29-15-6-2-7-16-29/h1,3-5,8-14,17-21,23,29,34H,2,6-7,15-16,22,24-25H2,(H,40,44). The van der Waals surface area contributed by atoms with Crippen LogP contribution in [-0.4, -0.2) is 43.8 Å². The summed E-state index contributed by atoms with van der Waals surface area (Å²) in [5.41, 5.74) is 1.55. The molecule has 5 rings (SSSR count). The molecule has 0 aromatic heterocycles. The second-order valence-corrected chi connectivity index (χ2v) is 14.7. The van der Waals surface area contributed by atoms with Gasteiger partial charge in [0.25, 0.3) is 10.0 Å². The number of sulfonamides is 1. The summed E-state index contributed by atoms with van der Waals surface area (Å²) in [6.45, 7) is -0.660. The van der Waals surface area contributed by atoms with Crippen molar-refractivity contribution in [2.45, 2.75) is 62.0 Å². The number of benzene rings is 4. The number of anilines is 1. The van der Waals surface area contributed by atoms with E-state index in [4.69, 9.17) is 34.8 Å². The highest BCUT2D eigenvalue weighted by Gasteiger charge is 2.36. The number of amides is 2. The highest BCUT2D eigenvalue weighted by molar-refractivity contribution is 7.92. The Morgan fingerprint density at radius 1 is 0.787 bits per heavy atom. The van der Waals surface area contributed by atoms with Gasteiger partial charge in [-0.25, -0.2) is 8.42 Å². The van der Waals surface area contributed by atoms with Gasteiger partial charge >= 0.3 is 0 Å². The van der Waals surface area contributed by atoms with Gasteiger partial charge in [-0.05, 0) is 60.4 Å². The van der Waals surface area contributed by atoms with Gasteiger partial charge in [0, 0.05) is 29.1 Å². The minimum Gasteiger partial charge on any atom is -0.352 e. The molecule has 0 aliphatic heterocycles. The Morgan fingerprint density at radius 3 is 2.09 bits per heavy atom. The third-order valence-electron chi connectivity index (χ3n) is 8.31. The molecule has 1 N–H and O–H groups in total. The van der Waals surface area contributed by atoms with Crippen molar-refractivity contribution in [2.24, 2.45) is 0 Å². The minimum atomic E-state index is -4.29. The fourth-order valence-corrected chi connectivity index (χ4v) is 8.04. The topological polar surface area (TPSA) is 86.8 Å². The molecule has 1 aliphatic carbocycles. The molecule has 0 saturated heterocycles. The van der Waals surface area contributed by atoms with Crippen LogP contribution in [0.3, 0.4) is 0 Å². The van der Waals surface area contributed by atoms with Crippen LogP contribution in [0.25, 0.3) is 0 Å². The predicted molar refractivity (Wildman–Crippen MR) is 188 cm³/mol. The van der Waals surface area contributed by atoms with Crippen molar-refractivity contribution in [1.82, 2.24) is 10.2 Å². The normalized spacial score (nSPS) is 14.3. The summed E-state index contributed by atoms with van der Waals surface area (Å²) in [7, 11) is -4.29. The number of carbonyl (C=O) groups is 2. The van der Waals surface area contributed by atoms with Crippen molar-refractivity contribution in [3.63, 3.8) is 0 Å². The van der Waals surface area contributed by atoms with E-state index in [1.807, 2.05) is 30.3 Å². The monoisotopic (exact) mass is 711 g/mol. The molecule has 2 amide bonds. The highest BCUT2D eigenvalue weighted by Crippen LogP contribution is 2.33. The third-order valence-corrected chi connectivity index (χ3v) is 11.0. The summed E-state index contributed by atoms with van der Waals surface area (Å²) in [6.07, 6.45) is 5.09. The molecule has 1 aliphatic rings. The van der Waals surface area contributed by atoms with E-state index in [2.05, 4.69) is 5.32 Å². The van der Waals surface area contributed by atoms with Crippen molar-refractivity contribution in [1.29, 1.82) is 0 Å². The molecule has 7 nitrogen and oxygen atoms in total. The van der Waals surface area contributed by atoms with E-state index in [1.54, 1.807) is 42.5 Å². The van der Waals surface area contributed by atoms with E-state index in [0.29, 0.717) is 15.6 Å². The van der Waals surface area contributed by atoms with Crippen LogP contribution in [0.1, 0.15) is 43.2 Å². The average Bonchev–Trinajstić information content (AvgIpc) is 3.07. The second kappa shape index (κ2) is 16.0. The Morgan fingerprint density at radius 2 is 1.43 bits per heavy atom. The molecule has 47 heavy (non-hydrogen) atoms. The average molecular weight is 713 g/mol. The number of rotatable bonds is 12. The van der Waals surface area contributed by atoms with Crippen LogP contribution >= 0.6 is 34.8 Å². The van der Waals surface area contributed by atoms with Crippen LogP contribution < -0.4 is 9.62 Å². The molecule has 1 atom stereocenters. The molecule has 4 aromatic rings. The minimum absolute atomic E-state index is 0.00498. The number of hydrogen-bond donors (Lipinski definition) is 1. The maximum atomic E-state index is 14.7. The smallest absolute Gasteiger partial charge is 0.264 e. The second-order valence-electron chi connectivity index (χ2n) is 11.6. The van der Waals surface area contributed by atoms with Gasteiger partial charge in [0.15, 0.2) is 0 Å². The zero-order valence-corrected chi connectivity index (χ0v) is 28.8. The first-order valence-electron chi connectivity index (χ1n) is 15.5. The lowest BCUT2D eigenvalue weighted by molar-refractivity contribution is -0.140. The highest BCUT2D eigenvalue weighted by atomic mass is 35.5. The van der Waals surface area contributed by atoms with Gasteiger partial charge in [-0.2, -0.15) is 0 Å². The first-order chi connectivity index (χ1) is 22.6. The number of nitrogens with one attached hydrogen (secondary N) is 1. The maximum absolute atomic E-state index is 14.7. The molecule has 0 radical (unpaired) electrons. The lowest BCUT2D eigenvalue weighted by atomic mass is 9.94. The Hall–Kier alpha value is -3.56. The van der Waals surface area contributed by atoms with Crippen LogP contribution in [-0.2, 0) is 32.6 Å². The van der Waals surface area contributed by atoms with Crippen molar-refractivity contribution < 1.29 is 18.0 Å². The number of carbonyl (C=O) groups excluding carboxylic acids is 2. The van der Waals surface area contributed by atoms with E-state index >= 15 is 0 Å². The number of hydrogen-bond acceptors (Lipinski definition) is 4. The van der Waals surface area contributed by atoms with Gasteiger partial charge in [0.1, 0.15) is 12.6 Å². The quantitative estimate of drug-likeness (QED) is 0.162. The van der Waals surface area contributed by atoms with E-state index in [9.17, 15) is 18.0 Å². The van der Waals surface area contributed by atoms with Gasteiger partial charge in [-0.3, -0.25) is 13.9 Å². The van der Waals surface area contributed by atoms with Crippen LogP contribution in [0.2, 0.25) is 15.1 Å². The Balaban J connectivity index is 1.58. The first-order valence-corrected chi connectivity index (χ1v) is 18.1. The largest absolute Gasteiger partial charge is 0.352 e. The summed E-state index contributed by atoms with van der Waals surface area (Å²) in [5.74, 6) is -0.904. The molecule has 0 heterocycles. The van der Waals surface area contributed by atoms with Crippen molar-refractivity contribution in [3.05, 3.63) is 129 Å². The van der Waals surface area contributed by atoms with E-state index in [0.717, 1.165) is 42.0 Å². The third kappa shape index (κ3) is 8.87. The zero-order valence-electron chi connectivity index (χ0n) is 25.7. The fraction of sp³-hybridized carbons (Fsp3) is 0.278. The zero-order chi connectivity index (χ0) is 33.4. The molecule has 4 aromatic carbocycles. The van der Waals surface area contributed by atoms with Crippen molar-refractivity contribution in [3.8, 4) is 0 Å². The van der Waals surface area contributed by atoms with Gasteiger partial charge in [-0.15, -0.1) is 0 Å². The predicted octanol–water partition coefficient (Wildman–Crippen LogP) is 7.93. The summed E-state index contributed by atoms with van der Waals surface area (Å²) in [4.78, 5) is 30.3. The lowest BCUT2D eigenvalue weighted by Gasteiger charge is -2.35. The summed E-state index contributed by atoms with van der Waals surface area (Å²) in [6, 6.07) is 27.8. The van der Waals surface area contributed by atoms with Crippen LogP contribution in [0.5, 0.6) is 0 Å². The maximum Gasteiger partial charge on any atom is 0.264 e. The van der Waals surface area contributed by atoms with Gasteiger partial charge in [0.05, 0.1) is 15.6 Å². The van der Waals surface area contributed by atoms with Gasteiger partial charge < -0.3 is 10.2 Å². The van der Waals surface area contributed by atoms with Crippen LogP contribution in [0, 0.1) is 0 Å². The summed E-state index contributed by atoms with van der Waals surface area (Å²) in [5, 5.41) is 3.98. The first kappa shape index (κ1) is 34.8. The van der Waals surface area contributed by atoms with E-state index < -0.39 is 28.5 Å². The Bertz CT molecular complexity index is 1790. The molecular formula is C36H36Cl3N3O4S. The fourth-order valence-electron chi connectivity index (χ4n) is 5.82. The summed E-state index contributed by atoms with van der Waals surface area (Å²) >= 11 is 19.3. The number of nitrogens with zero attached hydrogens (tertiary/aromatic N) is 2. The molecule has 1 unspecified atom stereocenters. The van der Waals surface area contributed by atoms with Gasteiger partial charge in [0.2, 0.25) is 11.8 Å². The molecule has 0 spiro atoms. The van der Waals surface area contributed by atoms with Crippen LogP contribution in [0.4, 0.5) is 5.69 Å². The summed E-state index contributed by atoms with van der Waals surface area (Å²) < 4.78 is 29.3. The van der Waals surface area contributed by atoms with Gasteiger partial charge in [-0.1, -0.05) is 121 Å². The Kier molecular flexibility index (Phi) is 11.9. The molecule has 1 fully saturated rings.